The molecule has 3 N–H and O–H groups in total. The number of nitrogens with one attached hydrogen (secondary N) is 1. The van der Waals surface area contributed by atoms with Crippen LogP contribution in [0.25, 0.3) is 0 Å². The topological polar surface area (TPSA) is 84.5 Å². The maximum absolute atomic E-state index is 10.8. The van der Waals surface area contributed by atoms with E-state index in [-0.39, 0.29) is 5.75 Å². The van der Waals surface area contributed by atoms with Crippen molar-refractivity contribution in [1.82, 2.24) is 5.32 Å². The highest BCUT2D eigenvalue weighted by atomic mass is 32.2. The first-order valence-corrected chi connectivity index (χ1v) is 7.09. The molecule has 0 amide bonds. The molecule has 0 bridgehead atoms. The number of nitrogens with zero attached hydrogens (tertiary/aromatic N) is 1. The van der Waals surface area contributed by atoms with Gasteiger partial charge in [-0.25, -0.2) is 8.42 Å². The Morgan fingerprint density at radius 2 is 2.07 bits per heavy atom. The molecule has 0 radical (unpaired) electrons. The number of hydrogen-bond acceptors (Lipinski definition) is 3. The number of aliphatic imine (C=N–C) groups is 1. The third-order valence-corrected chi connectivity index (χ3v) is 2.71. The molecule has 6 heteroatoms. The highest BCUT2D eigenvalue weighted by Gasteiger charge is 2.01. The average Bonchev–Trinajstić information content (AvgIpc) is 2.00. The lowest BCUT2D eigenvalue weighted by atomic mass is 10.1. The van der Waals surface area contributed by atoms with E-state index in [1.165, 1.54) is 6.26 Å². The Kier molecular flexibility index (Phi) is 6.31. The van der Waals surface area contributed by atoms with Crippen molar-refractivity contribution in [3.63, 3.8) is 0 Å². The molecule has 0 aliphatic rings. The van der Waals surface area contributed by atoms with E-state index in [2.05, 4.69) is 24.2 Å². The summed E-state index contributed by atoms with van der Waals surface area (Å²) in [7, 11) is -2.93. The Morgan fingerprint density at radius 1 is 1.47 bits per heavy atom. The number of sulfone groups is 1. The lowest BCUT2D eigenvalue weighted by Gasteiger charge is -2.05. The van der Waals surface area contributed by atoms with Gasteiger partial charge in [0.15, 0.2) is 5.96 Å². The molecule has 0 saturated heterocycles. The Labute approximate surface area is 92.1 Å². The number of rotatable bonds is 6. The fourth-order valence-electron chi connectivity index (χ4n) is 0.864. The van der Waals surface area contributed by atoms with Crippen molar-refractivity contribution in [3.05, 3.63) is 0 Å². The quantitative estimate of drug-likeness (QED) is 0.500. The van der Waals surface area contributed by atoms with Crippen molar-refractivity contribution in [2.45, 2.75) is 20.3 Å². The molecule has 0 atom stereocenters. The summed E-state index contributed by atoms with van der Waals surface area (Å²) in [6.45, 7) is 5.22. The van der Waals surface area contributed by atoms with Gasteiger partial charge in [-0.15, -0.1) is 0 Å². The summed E-state index contributed by atoms with van der Waals surface area (Å²) in [5, 5.41) is 2.76. The van der Waals surface area contributed by atoms with Gasteiger partial charge in [-0.3, -0.25) is 4.99 Å². The van der Waals surface area contributed by atoms with Gasteiger partial charge in [0.05, 0.1) is 5.75 Å². The van der Waals surface area contributed by atoms with Crippen LogP contribution in [-0.4, -0.2) is 39.5 Å². The molecule has 15 heavy (non-hydrogen) atoms. The Hall–Kier alpha value is -0.780. The second-order valence-corrected chi connectivity index (χ2v) is 6.27. The van der Waals surface area contributed by atoms with Crippen LogP contribution in [0.15, 0.2) is 4.99 Å². The monoisotopic (exact) mass is 235 g/mol. The van der Waals surface area contributed by atoms with Crippen LogP contribution < -0.4 is 11.1 Å². The summed E-state index contributed by atoms with van der Waals surface area (Å²) in [6.07, 6.45) is 2.18. The van der Waals surface area contributed by atoms with E-state index < -0.39 is 9.84 Å². The predicted molar refractivity (Wildman–Crippen MR) is 63.7 cm³/mol. The molecular formula is C9H21N3O2S. The van der Waals surface area contributed by atoms with Crippen molar-refractivity contribution < 1.29 is 8.42 Å². The normalized spacial score (nSPS) is 13.2. The average molecular weight is 235 g/mol. The molecule has 0 unspecified atom stereocenters. The van der Waals surface area contributed by atoms with Gasteiger partial charge in [-0.05, 0) is 12.3 Å². The summed E-state index contributed by atoms with van der Waals surface area (Å²) < 4.78 is 21.6. The van der Waals surface area contributed by atoms with Crippen LogP contribution in [0.3, 0.4) is 0 Å². The van der Waals surface area contributed by atoms with E-state index in [0.717, 1.165) is 6.42 Å². The van der Waals surface area contributed by atoms with Crippen molar-refractivity contribution in [2.24, 2.45) is 16.6 Å². The molecular weight excluding hydrogens is 214 g/mol. The molecule has 0 aromatic rings. The minimum atomic E-state index is -2.93. The smallest absolute Gasteiger partial charge is 0.188 e. The fraction of sp³-hybridized carbons (Fsp3) is 0.889. The van der Waals surface area contributed by atoms with Crippen LogP contribution in [0.1, 0.15) is 20.3 Å². The minimum Gasteiger partial charge on any atom is -0.370 e. The molecule has 90 valence electrons. The van der Waals surface area contributed by atoms with Crippen LogP contribution in [0.4, 0.5) is 0 Å². The lowest BCUT2D eigenvalue weighted by molar-refractivity contribution is 0.595. The standard InChI is InChI=1S/C9H21N3O2S/c1-8(2)4-5-11-9(10)12-6-7-15(3,13)14/h8H,4-7H2,1-3H3,(H3,10,11,12). The molecule has 0 aliphatic carbocycles. The first-order chi connectivity index (χ1) is 6.81. The number of nitrogens with two attached hydrogens (primary N) is 1. The van der Waals surface area contributed by atoms with Gasteiger partial charge in [-0.1, -0.05) is 13.8 Å². The van der Waals surface area contributed by atoms with Crippen molar-refractivity contribution in [2.75, 3.05) is 25.1 Å². The number of hydrogen-bond donors (Lipinski definition) is 2. The molecule has 0 aromatic carbocycles. The van der Waals surface area contributed by atoms with E-state index in [4.69, 9.17) is 5.73 Å². The van der Waals surface area contributed by atoms with Crippen LogP contribution >= 0.6 is 0 Å². The van der Waals surface area contributed by atoms with E-state index in [9.17, 15) is 8.42 Å². The van der Waals surface area contributed by atoms with Gasteiger partial charge < -0.3 is 11.1 Å². The lowest BCUT2D eigenvalue weighted by Crippen LogP contribution is -2.35. The first kappa shape index (κ1) is 14.2. The molecule has 0 aromatic heterocycles. The Bertz CT molecular complexity index is 296. The Balaban J connectivity index is 3.69. The molecule has 0 heterocycles. The highest BCUT2D eigenvalue weighted by Crippen LogP contribution is 1.97. The maximum atomic E-state index is 10.8. The zero-order valence-electron chi connectivity index (χ0n) is 9.66. The maximum Gasteiger partial charge on any atom is 0.188 e. The van der Waals surface area contributed by atoms with E-state index in [1.54, 1.807) is 0 Å². The second kappa shape index (κ2) is 6.66. The van der Waals surface area contributed by atoms with E-state index in [1.807, 2.05) is 0 Å². The third-order valence-electron chi connectivity index (χ3n) is 1.77. The van der Waals surface area contributed by atoms with Crippen molar-refractivity contribution in [3.8, 4) is 0 Å². The van der Waals surface area contributed by atoms with Crippen LogP contribution in [-0.2, 0) is 9.84 Å². The van der Waals surface area contributed by atoms with Gasteiger partial charge in [0, 0.05) is 19.3 Å². The van der Waals surface area contributed by atoms with Gasteiger partial charge in [0.25, 0.3) is 0 Å². The van der Waals surface area contributed by atoms with Crippen LogP contribution in [0.2, 0.25) is 0 Å². The van der Waals surface area contributed by atoms with Gasteiger partial charge in [0.2, 0.25) is 0 Å². The predicted octanol–water partition coefficient (Wildman–Crippen LogP) is -0.0186. The van der Waals surface area contributed by atoms with Crippen molar-refractivity contribution in [1.29, 1.82) is 0 Å². The minimum absolute atomic E-state index is 0.0768. The van der Waals surface area contributed by atoms with Crippen LogP contribution in [0, 0.1) is 5.92 Å². The van der Waals surface area contributed by atoms with Gasteiger partial charge in [-0.2, -0.15) is 0 Å². The van der Waals surface area contributed by atoms with Gasteiger partial charge >= 0.3 is 0 Å². The second-order valence-electron chi connectivity index (χ2n) is 4.01. The first-order valence-electron chi connectivity index (χ1n) is 5.03. The highest BCUT2D eigenvalue weighted by molar-refractivity contribution is 7.90. The largest absolute Gasteiger partial charge is 0.370 e. The summed E-state index contributed by atoms with van der Waals surface area (Å²) in [6, 6.07) is 0. The van der Waals surface area contributed by atoms with Crippen molar-refractivity contribution >= 4 is 15.8 Å². The van der Waals surface area contributed by atoms with E-state index in [0.29, 0.717) is 25.0 Å². The zero-order chi connectivity index (χ0) is 11.9. The van der Waals surface area contributed by atoms with E-state index >= 15 is 0 Å². The number of guanidine groups is 1. The molecule has 5 nitrogen and oxygen atoms in total. The summed E-state index contributed by atoms with van der Waals surface area (Å²) in [5.41, 5.74) is 5.53. The molecule has 0 aliphatic heterocycles. The molecule has 0 spiro atoms. The van der Waals surface area contributed by atoms with Crippen LogP contribution in [0.5, 0.6) is 0 Å². The fourth-order valence-corrected chi connectivity index (χ4v) is 1.34. The summed E-state index contributed by atoms with van der Waals surface area (Å²) in [5.74, 6) is 0.991. The summed E-state index contributed by atoms with van der Waals surface area (Å²) in [4.78, 5) is 4.07. The van der Waals surface area contributed by atoms with Gasteiger partial charge in [0.1, 0.15) is 9.84 Å². The third kappa shape index (κ3) is 11.1. The zero-order valence-corrected chi connectivity index (χ0v) is 10.5. The molecule has 0 rings (SSSR count). The Morgan fingerprint density at radius 3 is 2.53 bits per heavy atom. The summed E-state index contributed by atoms with van der Waals surface area (Å²) >= 11 is 0. The SMILES string of the molecule is CC(C)CCN=C(N)NCCS(C)(=O)=O. The molecule has 0 fully saturated rings. The molecule has 0 saturated carbocycles.